The summed E-state index contributed by atoms with van der Waals surface area (Å²) < 4.78 is 24.7. The van der Waals surface area contributed by atoms with E-state index in [-0.39, 0.29) is 12.1 Å². The minimum absolute atomic E-state index is 0.103. The summed E-state index contributed by atoms with van der Waals surface area (Å²) in [6.45, 7) is 6.15. The number of hydrogen-bond donors (Lipinski definition) is 1. The fourth-order valence-electron chi connectivity index (χ4n) is 2.23. The first kappa shape index (κ1) is 15.9. The molecule has 1 saturated heterocycles. The zero-order valence-electron chi connectivity index (χ0n) is 11.9. The zero-order valence-corrected chi connectivity index (χ0v) is 12.7. The molecule has 1 N–H and O–H groups in total. The highest BCUT2D eigenvalue weighted by atomic mass is 32.2. The summed E-state index contributed by atoms with van der Waals surface area (Å²) in [7, 11) is -1.09. The molecular weight excluding hydrogens is 252 g/mol. The van der Waals surface area contributed by atoms with Crippen molar-refractivity contribution in [2.24, 2.45) is 5.92 Å². The molecule has 0 aromatic carbocycles. The van der Waals surface area contributed by atoms with Crippen molar-refractivity contribution >= 4 is 10.0 Å². The second kappa shape index (κ2) is 5.86. The van der Waals surface area contributed by atoms with Gasteiger partial charge < -0.3 is 5.11 Å². The molecule has 1 aliphatic rings. The predicted molar refractivity (Wildman–Crippen MR) is 72.9 cm³/mol. The molecule has 0 aromatic heterocycles. The average Bonchev–Trinajstić information content (AvgIpc) is 2.28. The number of sulfonamides is 1. The smallest absolute Gasteiger partial charge is 0.211 e. The van der Waals surface area contributed by atoms with Crippen LogP contribution in [0.4, 0.5) is 0 Å². The Balaban J connectivity index is 2.58. The molecule has 1 rings (SSSR count). The minimum atomic E-state index is -3.07. The van der Waals surface area contributed by atoms with Crippen molar-refractivity contribution in [2.45, 2.75) is 32.2 Å². The van der Waals surface area contributed by atoms with Gasteiger partial charge in [0.05, 0.1) is 12.9 Å². The standard InChI is InChI=1S/C12H26N2O3S/c1-12(2,10-15)13(3)8-11-6-5-7-14(9-11)18(4,16)17/h11,15H,5-10H2,1-4H3. The molecule has 1 heterocycles. The molecular formula is C12H26N2O3S. The molecule has 0 radical (unpaired) electrons. The summed E-state index contributed by atoms with van der Waals surface area (Å²) in [5, 5.41) is 9.33. The van der Waals surface area contributed by atoms with Gasteiger partial charge in [-0.05, 0) is 39.7 Å². The van der Waals surface area contributed by atoms with Crippen molar-refractivity contribution in [3.8, 4) is 0 Å². The van der Waals surface area contributed by atoms with Crippen LogP contribution in [0, 0.1) is 5.92 Å². The minimum Gasteiger partial charge on any atom is -0.394 e. The molecule has 0 aromatic rings. The highest BCUT2D eigenvalue weighted by Gasteiger charge is 2.30. The van der Waals surface area contributed by atoms with Gasteiger partial charge in [0.2, 0.25) is 10.0 Å². The lowest BCUT2D eigenvalue weighted by molar-refractivity contribution is 0.0580. The predicted octanol–water partition coefficient (Wildman–Crippen LogP) is 0.361. The first-order valence-corrected chi connectivity index (χ1v) is 8.29. The van der Waals surface area contributed by atoms with Crippen LogP contribution in [-0.4, -0.2) is 67.8 Å². The third kappa shape index (κ3) is 4.19. The van der Waals surface area contributed by atoms with Crippen LogP contribution in [0.15, 0.2) is 0 Å². The van der Waals surface area contributed by atoms with E-state index in [1.165, 1.54) is 6.26 Å². The Bertz CT molecular complexity index is 368. The van der Waals surface area contributed by atoms with Gasteiger partial charge in [-0.1, -0.05) is 0 Å². The maximum absolute atomic E-state index is 11.5. The summed E-state index contributed by atoms with van der Waals surface area (Å²) in [4.78, 5) is 2.11. The number of nitrogens with zero attached hydrogens (tertiary/aromatic N) is 2. The van der Waals surface area contributed by atoms with Gasteiger partial charge in [0, 0.05) is 25.2 Å². The molecule has 6 heteroatoms. The third-order valence-electron chi connectivity index (χ3n) is 3.90. The highest BCUT2D eigenvalue weighted by Crippen LogP contribution is 2.22. The molecule has 0 spiro atoms. The Morgan fingerprint density at radius 1 is 1.44 bits per heavy atom. The molecule has 1 atom stereocenters. The fraction of sp³-hybridized carbons (Fsp3) is 1.00. The first-order chi connectivity index (χ1) is 8.16. The SMILES string of the molecule is CN(CC1CCCN(S(C)(=O)=O)C1)C(C)(C)CO. The average molecular weight is 278 g/mol. The van der Waals surface area contributed by atoms with Crippen LogP contribution >= 0.6 is 0 Å². The van der Waals surface area contributed by atoms with E-state index >= 15 is 0 Å². The molecule has 0 bridgehead atoms. The van der Waals surface area contributed by atoms with E-state index in [1.54, 1.807) is 4.31 Å². The van der Waals surface area contributed by atoms with E-state index in [4.69, 9.17) is 0 Å². The van der Waals surface area contributed by atoms with Crippen LogP contribution in [0.25, 0.3) is 0 Å². The summed E-state index contributed by atoms with van der Waals surface area (Å²) >= 11 is 0. The lowest BCUT2D eigenvalue weighted by atomic mass is 9.96. The van der Waals surface area contributed by atoms with Crippen LogP contribution in [0.5, 0.6) is 0 Å². The largest absolute Gasteiger partial charge is 0.394 e. The zero-order chi connectivity index (χ0) is 14.0. The van der Waals surface area contributed by atoms with Crippen molar-refractivity contribution in [3.63, 3.8) is 0 Å². The van der Waals surface area contributed by atoms with E-state index < -0.39 is 10.0 Å². The van der Waals surface area contributed by atoms with Crippen LogP contribution < -0.4 is 0 Å². The van der Waals surface area contributed by atoms with Gasteiger partial charge in [0.1, 0.15) is 0 Å². The van der Waals surface area contributed by atoms with Crippen LogP contribution in [-0.2, 0) is 10.0 Å². The summed E-state index contributed by atoms with van der Waals surface area (Å²) in [6, 6.07) is 0. The highest BCUT2D eigenvalue weighted by molar-refractivity contribution is 7.88. The number of aliphatic hydroxyl groups is 1. The van der Waals surface area contributed by atoms with E-state index in [0.717, 1.165) is 19.4 Å². The van der Waals surface area contributed by atoms with Gasteiger partial charge in [0.15, 0.2) is 0 Å². The Labute approximate surface area is 111 Å². The van der Waals surface area contributed by atoms with E-state index in [2.05, 4.69) is 4.90 Å². The van der Waals surface area contributed by atoms with Gasteiger partial charge in [-0.15, -0.1) is 0 Å². The fourth-order valence-corrected chi connectivity index (χ4v) is 3.17. The Morgan fingerprint density at radius 2 is 2.06 bits per heavy atom. The van der Waals surface area contributed by atoms with Crippen molar-refractivity contribution in [2.75, 3.05) is 39.5 Å². The molecule has 1 fully saturated rings. The van der Waals surface area contributed by atoms with Crippen molar-refractivity contribution in [3.05, 3.63) is 0 Å². The van der Waals surface area contributed by atoms with Crippen molar-refractivity contribution in [1.82, 2.24) is 9.21 Å². The van der Waals surface area contributed by atoms with Crippen molar-refractivity contribution < 1.29 is 13.5 Å². The normalized spacial score (nSPS) is 23.6. The maximum Gasteiger partial charge on any atom is 0.211 e. The monoisotopic (exact) mass is 278 g/mol. The van der Waals surface area contributed by atoms with Gasteiger partial charge in [-0.3, -0.25) is 4.90 Å². The summed E-state index contributed by atoms with van der Waals surface area (Å²) in [5.74, 6) is 0.351. The van der Waals surface area contributed by atoms with Gasteiger partial charge in [-0.2, -0.15) is 0 Å². The summed E-state index contributed by atoms with van der Waals surface area (Å²) in [5.41, 5.74) is -0.257. The molecule has 108 valence electrons. The second-order valence-electron chi connectivity index (χ2n) is 5.98. The molecule has 1 aliphatic heterocycles. The number of aliphatic hydroxyl groups excluding tert-OH is 1. The molecule has 0 aliphatic carbocycles. The Hall–Kier alpha value is -0.170. The molecule has 0 amide bonds. The van der Waals surface area contributed by atoms with Gasteiger partial charge in [-0.25, -0.2) is 12.7 Å². The number of likely N-dealkylation sites (N-methyl/N-ethyl adjacent to an activating group) is 1. The van der Waals surface area contributed by atoms with E-state index in [0.29, 0.717) is 19.0 Å². The molecule has 0 saturated carbocycles. The number of rotatable bonds is 5. The second-order valence-corrected chi connectivity index (χ2v) is 7.96. The number of piperidine rings is 1. The topological polar surface area (TPSA) is 60.9 Å². The lowest BCUT2D eigenvalue weighted by Crippen LogP contribution is -2.49. The molecule has 1 unspecified atom stereocenters. The quantitative estimate of drug-likeness (QED) is 0.789. The Kier molecular flexibility index (Phi) is 5.17. The van der Waals surface area contributed by atoms with Crippen LogP contribution in [0.1, 0.15) is 26.7 Å². The van der Waals surface area contributed by atoms with Gasteiger partial charge in [0.25, 0.3) is 0 Å². The maximum atomic E-state index is 11.5. The van der Waals surface area contributed by atoms with Gasteiger partial charge >= 0.3 is 0 Å². The molecule has 18 heavy (non-hydrogen) atoms. The van der Waals surface area contributed by atoms with Crippen LogP contribution in [0.2, 0.25) is 0 Å². The van der Waals surface area contributed by atoms with E-state index in [1.807, 2.05) is 20.9 Å². The van der Waals surface area contributed by atoms with Crippen molar-refractivity contribution in [1.29, 1.82) is 0 Å². The molecule has 5 nitrogen and oxygen atoms in total. The lowest BCUT2D eigenvalue weighted by Gasteiger charge is -2.39. The Morgan fingerprint density at radius 3 is 2.56 bits per heavy atom. The third-order valence-corrected chi connectivity index (χ3v) is 5.17. The van der Waals surface area contributed by atoms with Crippen LogP contribution in [0.3, 0.4) is 0 Å². The first-order valence-electron chi connectivity index (χ1n) is 6.44. The summed E-state index contributed by atoms with van der Waals surface area (Å²) in [6.07, 6.45) is 3.25. The van der Waals surface area contributed by atoms with E-state index in [9.17, 15) is 13.5 Å². The number of hydrogen-bond acceptors (Lipinski definition) is 4.